The van der Waals surface area contributed by atoms with Gasteiger partial charge in [-0.15, -0.1) is 10.2 Å². The van der Waals surface area contributed by atoms with E-state index in [0.717, 1.165) is 5.56 Å². The standard InChI is InChI=1S/C17H16ClN5O3S/c1-2-23-15(11-5-7-12(18)8-6-11)20-22-17(23)27-10-14(24)19-21-16(25)13-4-3-9-26-13/h3-9H,2,10H2,1H3,(H,19,24)(H,21,25). The van der Waals surface area contributed by atoms with Gasteiger partial charge in [-0.3, -0.25) is 20.4 Å². The number of carbonyl (C=O) groups is 2. The Kier molecular flexibility index (Phi) is 6.15. The van der Waals surface area contributed by atoms with Crippen LogP contribution in [0.5, 0.6) is 0 Å². The highest BCUT2D eigenvalue weighted by Gasteiger charge is 2.15. The summed E-state index contributed by atoms with van der Waals surface area (Å²) in [6.45, 7) is 2.61. The molecule has 8 nitrogen and oxygen atoms in total. The number of carbonyl (C=O) groups excluding carboxylic acids is 2. The molecule has 0 unspecified atom stereocenters. The van der Waals surface area contributed by atoms with Gasteiger partial charge in [0.25, 0.3) is 0 Å². The zero-order valence-electron chi connectivity index (χ0n) is 14.3. The average Bonchev–Trinajstić information content (AvgIpc) is 3.34. The predicted octanol–water partition coefficient (Wildman–Crippen LogP) is 2.76. The molecule has 0 radical (unpaired) electrons. The smallest absolute Gasteiger partial charge is 0.305 e. The first kappa shape index (κ1) is 19.0. The number of furan rings is 1. The number of benzene rings is 1. The van der Waals surface area contributed by atoms with Gasteiger partial charge in [-0.2, -0.15) is 0 Å². The van der Waals surface area contributed by atoms with Gasteiger partial charge in [0.05, 0.1) is 12.0 Å². The van der Waals surface area contributed by atoms with E-state index in [2.05, 4.69) is 21.0 Å². The number of amides is 2. The summed E-state index contributed by atoms with van der Waals surface area (Å²) < 4.78 is 6.85. The molecule has 3 rings (SSSR count). The lowest BCUT2D eigenvalue weighted by Gasteiger charge is -2.08. The lowest BCUT2D eigenvalue weighted by atomic mass is 10.2. The summed E-state index contributed by atoms with van der Waals surface area (Å²) >= 11 is 7.14. The topological polar surface area (TPSA) is 102 Å². The molecule has 3 aromatic rings. The van der Waals surface area contributed by atoms with Gasteiger partial charge in [0.1, 0.15) is 0 Å². The van der Waals surface area contributed by atoms with Crippen molar-refractivity contribution in [2.45, 2.75) is 18.6 Å². The van der Waals surface area contributed by atoms with Crippen molar-refractivity contribution in [3.05, 3.63) is 53.4 Å². The van der Waals surface area contributed by atoms with Crippen molar-refractivity contribution in [2.75, 3.05) is 5.75 Å². The van der Waals surface area contributed by atoms with E-state index < -0.39 is 5.91 Å². The Balaban J connectivity index is 1.58. The molecule has 0 aliphatic rings. The number of thioether (sulfide) groups is 1. The average molecular weight is 406 g/mol. The highest BCUT2D eigenvalue weighted by Crippen LogP contribution is 2.24. The van der Waals surface area contributed by atoms with Crippen LogP contribution in [0.1, 0.15) is 17.5 Å². The summed E-state index contributed by atoms with van der Waals surface area (Å²) in [5.74, 6) is -0.0276. The number of nitrogens with one attached hydrogen (secondary N) is 2. The Morgan fingerprint density at radius 1 is 1.19 bits per heavy atom. The maximum Gasteiger partial charge on any atom is 0.305 e. The number of aromatic nitrogens is 3. The Morgan fingerprint density at radius 2 is 1.96 bits per heavy atom. The first-order chi connectivity index (χ1) is 13.1. The van der Waals surface area contributed by atoms with Crippen molar-refractivity contribution >= 4 is 35.2 Å². The van der Waals surface area contributed by atoms with E-state index in [-0.39, 0.29) is 17.4 Å². The van der Waals surface area contributed by atoms with E-state index in [1.165, 1.54) is 24.1 Å². The summed E-state index contributed by atoms with van der Waals surface area (Å²) in [6.07, 6.45) is 1.38. The molecule has 2 aromatic heterocycles. The van der Waals surface area contributed by atoms with Crippen LogP contribution in [0.25, 0.3) is 11.4 Å². The lowest BCUT2D eigenvalue weighted by molar-refractivity contribution is -0.119. The van der Waals surface area contributed by atoms with E-state index in [1.807, 2.05) is 23.6 Å². The molecule has 0 aliphatic heterocycles. The van der Waals surface area contributed by atoms with Gasteiger partial charge >= 0.3 is 5.91 Å². The third kappa shape index (κ3) is 4.69. The molecule has 0 spiro atoms. The molecule has 0 atom stereocenters. The van der Waals surface area contributed by atoms with E-state index in [9.17, 15) is 9.59 Å². The summed E-state index contributed by atoms with van der Waals surface area (Å²) in [5, 5.41) is 9.61. The van der Waals surface area contributed by atoms with Crippen LogP contribution in [0, 0.1) is 0 Å². The first-order valence-corrected chi connectivity index (χ1v) is 9.39. The second-order valence-corrected chi connectivity index (χ2v) is 6.70. The summed E-state index contributed by atoms with van der Waals surface area (Å²) in [7, 11) is 0. The second-order valence-electron chi connectivity index (χ2n) is 5.33. The maximum absolute atomic E-state index is 12.0. The molecule has 140 valence electrons. The zero-order valence-corrected chi connectivity index (χ0v) is 15.9. The van der Waals surface area contributed by atoms with Crippen molar-refractivity contribution < 1.29 is 14.0 Å². The number of hydrogen-bond donors (Lipinski definition) is 2. The van der Waals surface area contributed by atoms with Crippen molar-refractivity contribution in [2.24, 2.45) is 0 Å². The van der Waals surface area contributed by atoms with Gasteiger partial charge in [-0.1, -0.05) is 23.4 Å². The molecule has 0 saturated heterocycles. The summed E-state index contributed by atoms with van der Waals surface area (Å²) in [5.41, 5.74) is 5.50. The highest BCUT2D eigenvalue weighted by molar-refractivity contribution is 7.99. The molecule has 2 N–H and O–H groups in total. The van der Waals surface area contributed by atoms with Crippen LogP contribution in [-0.4, -0.2) is 32.3 Å². The van der Waals surface area contributed by atoms with Gasteiger partial charge < -0.3 is 8.98 Å². The van der Waals surface area contributed by atoms with Gasteiger partial charge in [0.2, 0.25) is 5.91 Å². The second kappa shape index (κ2) is 8.74. The minimum atomic E-state index is -0.528. The SMILES string of the molecule is CCn1c(SCC(=O)NNC(=O)c2ccco2)nnc1-c1ccc(Cl)cc1. The molecule has 2 heterocycles. The molecular weight excluding hydrogens is 390 g/mol. The fourth-order valence-electron chi connectivity index (χ4n) is 2.26. The molecular formula is C17H16ClN5O3S. The summed E-state index contributed by atoms with van der Waals surface area (Å²) in [4.78, 5) is 23.7. The third-order valence-corrected chi connectivity index (χ3v) is 4.75. The largest absolute Gasteiger partial charge is 0.459 e. The Hall–Kier alpha value is -2.78. The fourth-order valence-corrected chi connectivity index (χ4v) is 3.18. The summed E-state index contributed by atoms with van der Waals surface area (Å²) in [6, 6.07) is 10.4. The van der Waals surface area contributed by atoms with Crippen molar-refractivity contribution in [3.63, 3.8) is 0 Å². The number of hydrazine groups is 1. The van der Waals surface area contributed by atoms with Crippen LogP contribution < -0.4 is 10.9 Å². The molecule has 2 amide bonds. The van der Waals surface area contributed by atoms with Crippen LogP contribution in [0.4, 0.5) is 0 Å². The van der Waals surface area contributed by atoms with Crippen LogP contribution >= 0.6 is 23.4 Å². The predicted molar refractivity (Wildman–Crippen MR) is 101 cm³/mol. The molecule has 0 bridgehead atoms. The number of halogens is 1. The van der Waals surface area contributed by atoms with Gasteiger partial charge in [0.15, 0.2) is 16.7 Å². The third-order valence-electron chi connectivity index (χ3n) is 3.53. The molecule has 0 fully saturated rings. The zero-order chi connectivity index (χ0) is 19.2. The molecule has 0 aliphatic carbocycles. The van der Waals surface area contributed by atoms with E-state index in [0.29, 0.717) is 22.5 Å². The van der Waals surface area contributed by atoms with Gasteiger partial charge in [0, 0.05) is 17.1 Å². The lowest BCUT2D eigenvalue weighted by Crippen LogP contribution is -2.42. The molecule has 1 aromatic carbocycles. The minimum absolute atomic E-state index is 0.0667. The normalized spacial score (nSPS) is 10.6. The maximum atomic E-state index is 12.0. The first-order valence-electron chi connectivity index (χ1n) is 8.03. The number of nitrogens with zero attached hydrogens (tertiary/aromatic N) is 3. The number of rotatable bonds is 6. The Morgan fingerprint density at radius 3 is 2.63 bits per heavy atom. The van der Waals surface area contributed by atoms with Crippen LogP contribution in [0.15, 0.2) is 52.2 Å². The van der Waals surface area contributed by atoms with Crippen molar-refractivity contribution in [1.82, 2.24) is 25.6 Å². The number of hydrogen-bond acceptors (Lipinski definition) is 6. The van der Waals surface area contributed by atoms with E-state index in [1.54, 1.807) is 18.2 Å². The van der Waals surface area contributed by atoms with Gasteiger partial charge in [-0.25, -0.2) is 0 Å². The van der Waals surface area contributed by atoms with Gasteiger partial charge in [-0.05, 0) is 43.3 Å². The minimum Gasteiger partial charge on any atom is -0.459 e. The van der Waals surface area contributed by atoms with Crippen molar-refractivity contribution in [1.29, 1.82) is 0 Å². The van der Waals surface area contributed by atoms with E-state index in [4.69, 9.17) is 16.0 Å². The molecule has 27 heavy (non-hydrogen) atoms. The highest BCUT2D eigenvalue weighted by atomic mass is 35.5. The quantitative estimate of drug-likeness (QED) is 0.483. The fraction of sp³-hybridized carbons (Fsp3) is 0.176. The van der Waals surface area contributed by atoms with Crippen molar-refractivity contribution in [3.8, 4) is 11.4 Å². The van der Waals surface area contributed by atoms with Crippen LogP contribution in [-0.2, 0) is 11.3 Å². The monoisotopic (exact) mass is 405 g/mol. The van der Waals surface area contributed by atoms with Crippen LogP contribution in [0.3, 0.4) is 0 Å². The van der Waals surface area contributed by atoms with E-state index >= 15 is 0 Å². The Bertz CT molecular complexity index is 925. The Labute approximate surface area is 164 Å². The molecule has 0 saturated carbocycles. The molecule has 10 heteroatoms. The van der Waals surface area contributed by atoms with Crippen LogP contribution in [0.2, 0.25) is 5.02 Å².